The Bertz CT molecular complexity index is 446. The van der Waals surface area contributed by atoms with Crippen molar-refractivity contribution in [3.05, 3.63) is 34.9 Å². The predicted molar refractivity (Wildman–Crippen MR) is 63.6 cm³/mol. The highest BCUT2D eigenvalue weighted by Gasteiger charge is 2.62. The summed E-state index contributed by atoms with van der Waals surface area (Å²) in [5, 5.41) is 9.17. The third kappa shape index (κ3) is 1.53. The summed E-state index contributed by atoms with van der Waals surface area (Å²) in [5.74, 6) is -0.727. The highest BCUT2D eigenvalue weighted by atomic mass is 16.4. The molecule has 1 aromatic carbocycles. The molecule has 0 unspecified atom stereocenters. The number of aryl methyl sites for hydroxylation is 2. The number of rotatable bonds is 2. The second-order valence-corrected chi connectivity index (χ2v) is 5.47. The third-order valence-corrected chi connectivity index (χ3v) is 3.85. The molecule has 0 amide bonds. The number of benzene rings is 1. The van der Waals surface area contributed by atoms with E-state index < -0.39 is 5.97 Å². The zero-order chi connectivity index (χ0) is 12.1. The van der Waals surface area contributed by atoms with E-state index in [9.17, 15) is 4.79 Å². The van der Waals surface area contributed by atoms with Gasteiger partial charge in [0, 0.05) is 5.92 Å². The molecule has 2 heteroatoms. The summed E-state index contributed by atoms with van der Waals surface area (Å²) in [6.07, 6.45) is 0. The van der Waals surface area contributed by atoms with Crippen molar-refractivity contribution < 1.29 is 9.90 Å². The van der Waals surface area contributed by atoms with Crippen LogP contribution >= 0.6 is 0 Å². The summed E-state index contributed by atoms with van der Waals surface area (Å²) in [7, 11) is 0. The maximum absolute atomic E-state index is 11.1. The van der Waals surface area contributed by atoms with Crippen molar-refractivity contribution in [3.8, 4) is 0 Å². The van der Waals surface area contributed by atoms with E-state index in [1.165, 1.54) is 16.7 Å². The van der Waals surface area contributed by atoms with Gasteiger partial charge >= 0.3 is 5.97 Å². The van der Waals surface area contributed by atoms with Gasteiger partial charge < -0.3 is 5.11 Å². The fraction of sp³-hybridized carbons (Fsp3) is 0.500. The molecule has 0 saturated heterocycles. The molecule has 1 aromatic rings. The molecule has 0 spiro atoms. The van der Waals surface area contributed by atoms with Crippen molar-refractivity contribution >= 4 is 5.97 Å². The molecule has 0 aliphatic heterocycles. The average molecular weight is 218 g/mol. The topological polar surface area (TPSA) is 37.3 Å². The van der Waals surface area contributed by atoms with Gasteiger partial charge in [0.05, 0.1) is 5.92 Å². The van der Waals surface area contributed by atoms with Crippen LogP contribution in [0.4, 0.5) is 0 Å². The van der Waals surface area contributed by atoms with Crippen LogP contribution in [0.5, 0.6) is 0 Å². The first-order valence-electron chi connectivity index (χ1n) is 5.65. The van der Waals surface area contributed by atoms with Gasteiger partial charge in [0.15, 0.2) is 0 Å². The minimum absolute atomic E-state index is 0.105. The van der Waals surface area contributed by atoms with E-state index in [4.69, 9.17) is 5.11 Å². The molecule has 2 atom stereocenters. The lowest BCUT2D eigenvalue weighted by Crippen LogP contribution is -2.03. The van der Waals surface area contributed by atoms with Crippen LogP contribution in [-0.2, 0) is 4.79 Å². The summed E-state index contributed by atoms with van der Waals surface area (Å²) in [6, 6.07) is 6.28. The largest absolute Gasteiger partial charge is 0.481 e. The molecule has 0 aromatic heterocycles. The average Bonchev–Trinajstić information content (AvgIpc) is 2.69. The van der Waals surface area contributed by atoms with Crippen molar-refractivity contribution in [2.75, 3.05) is 0 Å². The summed E-state index contributed by atoms with van der Waals surface area (Å²) >= 11 is 0. The van der Waals surface area contributed by atoms with Crippen molar-refractivity contribution in [1.29, 1.82) is 0 Å². The highest BCUT2D eigenvalue weighted by molar-refractivity contribution is 5.77. The Morgan fingerprint density at radius 2 is 1.94 bits per heavy atom. The smallest absolute Gasteiger partial charge is 0.307 e. The van der Waals surface area contributed by atoms with E-state index in [1.807, 2.05) is 13.8 Å². The van der Waals surface area contributed by atoms with Crippen LogP contribution in [0.25, 0.3) is 0 Å². The molecule has 0 radical (unpaired) electrons. The maximum atomic E-state index is 11.1. The van der Waals surface area contributed by atoms with Crippen LogP contribution in [0.15, 0.2) is 18.2 Å². The number of carboxylic acid groups (broad SMARTS) is 1. The Hall–Kier alpha value is -1.31. The molecule has 16 heavy (non-hydrogen) atoms. The second-order valence-electron chi connectivity index (χ2n) is 5.47. The fourth-order valence-electron chi connectivity index (χ4n) is 2.85. The Kier molecular flexibility index (Phi) is 2.33. The van der Waals surface area contributed by atoms with Gasteiger partial charge in [-0.3, -0.25) is 4.79 Å². The Morgan fingerprint density at radius 1 is 1.31 bits per heavy atom. The van der Waals surface area contributed by atoms with E-state index in [1.54, 1.807) is 0 Å². The van der Waals surface area contributed by atoms with Crippen molar-refractivity contribution in [1.82, 2.24) is 0 Å². The Morgan fingerprint density at radius 3 is 2.38 bits per heavy atom. The number of aliphatic carboxylic acids is 1. The van der Waals surface area contributed by atoms with E-state index in [0.717, 1.165) is 0 Å². The molecule has 1 aliphatic carbocycles. The molecular weight excluding hydrogens is 200 g/mol. The molecule has 0 heterocycles. The van der Waals surface area contributed by atoms with Crippen LogP contribution in [0.1, 0.15) is 36.5 Å². The fourth-order valence-corrected chi connectivity index (χ4v) is 2.85. The molecule has 2 rings (SSSR count). The second kappa shape index (κ2) is 3.34. The highest BCUT2D eigenvalue weighted by Crippen LogP contribution is 2.64. The van der Waals surface area contributed by atoms with Crippen LogP contribution in [0, 0.1) is 25.2 Å². The molecule has 1 fully saturated rings. The SMILES string of the molecule is Cc1ccc([C@H]2[C@H](C(=O)O)C2(C)C)c(C)c1. The summed E-state index contributed by atoms with van der Waals surface area (Å²) < 4.78 is 0. The van der Waals surface area contributed by atoms with Crippen LogP contribution < -0.4 is 0 Å². The molecule has 1 aliphatic rings. The molecule has 0 bridgehead atoms. The van der Waals surface area contributed by atoms with E-state index in [2.05, 4.69) is 32.0 Å². The quantitative estimate of drug-likeness (QED) is 0.828. The maximum Gasteiger partial charge on any atom is 0.307 e. The number of hydrogen-bond donors (Lipinski definition) is 1. The number of carboxylic acids is 1. The Labute approximate surface area is 96.3 Å². The standard InChI is InChI=1S/C14H18O2/c1-8-5-6-10(9(2)7-8)11-12(13(15)16)14(11,3)4/h5-7,11-12H,1-4H3,(H,15,16)/t11-,12+/m0/s1. The zero-order valence-electron chi connectivity index (χ0n) is 10.2. The summed E-state index contributed by atoms with van der Waals surface area (Å²) in [6.45, 7) is 8.20. The third-order valence-electron chi connectivity index (χ3n) is 3.85. The van der Waals surface area contributed by atoms with Gasteiger partial charge in [-0.05, 0) is 30.4 Å². The lowest BCUT2D eigenvalue weighted by atomic mass is 9.97. The molecule has 1 saturated carbocycles. The molecule has 2 nitrogen and oxygen atoms in total. The van der Waals surface area contributed by atoms with Gasteiger partial charge in [0.1, 0.15) is 0 Å². The lowest BCUT2D eigenvalue weighted by molar-refractivity contribution is -0.139. The van der Waals surface area contributed by atoms with Gasteiger partial charge in [-0.2, -0.15) is 0 Å². The zero-order valence-corrected chi connectivity index (χ0v) is 10.2. The first-order chi connectivity index (χ1) is 7.35. The monoisotopic (exact) mass is 218 g/mol. The van der Waals surface area contributed by atoms with Gasteiger partial charge in [0.25, 0.3) is 0 Å². The van der Waals surface area contributed by atoms with Crippen molar-refractivity contribution in [3.63, 3.8) is 0 Å². The molecule has 86 valence electrons. The normalized spacial score (nSPS) is 26.5. The van der Waals surface area contributed by atoms with Gasteiger partial charge in [-0.15, -0.1) is 0 Å². The van der Waals surface area contributed by atoms with E-state index >= 15 is 0 Å². The number of carbonyl (C=O) groups is 1. The van der Waals surface area contributed by atoms with Crippen LogP contribution in [-0.4, -0.2) is 11.1 Å². The van der Waals surface area contributed by atoms with Crippen molar-refractivity contribution in [2.24, 2.45) is 11.3 Å². The number of hydrogen-bond acceptors (Lipinski definition) is 1. The predicted octanol–water partition coefficient (Wildman–Crippen LogP) is 3.13. The first-order valence-corrected chi connectivity index (χ1v) is 5.65. The lowest BCUT2D eigenvalue weighted by Gasteiger charge is -2.07. The molecule has 1 N–H and O–H groups in total. The van der Waals surface area contributed by atoms with E-state index in [0.29, 0.717) is 0 Å². The van der Waals surface area contributed by atoms with Crippen molar-refractivity contribution in [2.45, 2.75) is 33.6 Å². The molecular formula is C14H18O2. The van der Waals surface area contributed by atoms with Crippen LogP contribution in [0.3, 0.4) is 0 Å². The minimum atomic E-state index is -0.671. The van der Waals surface area contributed by atoms with Gasteiger partial charge in [-0.25, -0.2) is 0 Å². The van der Waals surface area contributed by atoms with Gasteiger partial charge in [-0.1, -0.05) is 37.6 Å². The summed E-state index contributed by atoms with van der Waals surface area (Å²) in [4.78, 5) is 11.1. The van der Waals surface area contributed by atoms with Crippen LogP contribution in [0.2, 0.25) is 0 Å². The minimum Gasteiger partial charge on any atom is -0.481 e. The van der Waals surface area contributed by atoms with Gasteiger partial charge in [0.2, 0.25) is 0 Å². The Balaban J connectivity index is 2.37. The summed E-state index contributed by atoms with van der Waals surface area (Å²) in [5.41, 5.74) is 3.53. The van der Waals surface area contributed by atoms with E-state index in [-0.39, 0.29) is 17.3 Å². The first kappa shape index (κ1) is 11.2.